The number of rotatable bonds is 2. The summed E-state index contributed by atoms with van der Waals surface area (Å²) in [5.41, 5.74) is 3.64. The van der Waals surface area contributed by atoms with Crippen LogP contribution in [0.1, 0.15) is 32.3 Å². The summed E-state index contributed by atoms with van der Waals surface area (Å²) in [6.07, 6.45) is 0.942. The highest BCUT2D eigenvalue weighted by atomic mass is 32.1. The van der Waals surface area contributed by atoms with Crippen LogP contribution in [0.2, 0.25) is 0 Å². The minimum atomic E-state index is 0.941. The summed E-state index contributed by atoms with van der Waals surface area (Å²) in [5, 5.41) is 3.98. The van der Waals surface area contributed by atoms with E-state index in [1.54, 1.807) is 0 Å². The molecule has 3 heteroatoms. The number of hydrogen-bond acceptors (Lipinski definition) is 3. The van der Waals surface area contributed by atoms with Crippen LogP contribution in [0.15, 0.2) is 10.6 Å². The molecule has 80 valence electrons. The van der Waals surface area contributed by atoms with Gasteiger partial charge in [-0.3, -0.25) is 0 Å². The predicted octanol–water partition coefficient (Wildman–Crippen LogP) is 3.56. The molecule has 0 unspecified atom stereocenters. The van der Waals surface area contributed by atoms with Gasteiger partial charge in [-0.25, -0.2) is 0 Å². The molecule has 0 fully saturated rings. The molecular weight excluding hydrogens is 206 g/mol. The van der Waals surface area contributed by atoms with E-state index in [9.17, 15) is 0 Å². The molecule has 2 aromatic rings. The van der Waals surface area contributed by atoms with Crippen LogP contribution < -0.4 is 0 Å². The molecule has 0 aromatic carbocycles. The summed E-state index contributed by atoms with van der Waals surface area (Å²) in [6.45, 7) is 8.30. The van der Waals surface area contributed by atoms with Crippen LogP contribution in [0, 0.1) is 27.7 Å². The van der Waals surface area contributed by atoms with Crippen molar-refractivity contribution in [2.24, 2.45) is 0 Å². The summed E-state index contributed by atoms with van der Waals surface area (Å²) in [7, 11) is 0. The summed E-state index contributed by atoms with van der Waals surface area (Å²) < 4.78 is 5.17. The Labute approximate surface area is 93.9 Å². The fourth-order valence-corrected chi connectivity index (χ4v) is 2.75. The van der Waals surface area contributed by atoms with Gasteiger partial charge in [-0.2, -0.15) is 0 Å². The van der Waals surface area contributed by atoms with Gasteiger partial charge >= 0.3 is 0 Å². The average Bonchev–Trinajstić information content (AvgIpc) is 2.63. The molecule has 0 aliphatic heterocycles. The lowest BCUT2D eigenvalue weighted by atomic mass is 10.0. The zero-order valence-corrected chi connectivity index (χ0v) is 10.4. The van der Waals surface area contributed by atoms with Crippen LogP contribution in [0.25, 0.3) is 0 Å². The molecule has 0 N–H and O–H groups in total. The van der Waals surface area contributed by atoms with Crippen LogP contribution >= 0.6 is 11.3 Å². The van der Waals surface area contributed by atoms with Gasteiger partial charge in [0.05, 0.1) is 5.69 Å². The van der Waals surface area contributed by atoms with E-state index in [0.717, 1.165) is 17.9 Å². The van der Waals surface area contributed by atoms with Gasteiger partial charge in [0.2, 0.25) is 0 Å². The molecule has 0 atom stereocenters. The highest BCUT2D eigenvalue weighted by Gasteiger charge is 2.12. The summed E-state index contributed by atoms with van der Waals surface area (Å²) in [5.74, 6) is 0.941. The Balaban J connectivity index is 2.33. The van der Waals surface area contributed by atoms with Gasteiger partial charge in [-0.05, 0) is 39.3 Å². The summed E-state index contributed by atoms with van der Waals surface area (Å²) >= 11 is 1.85. The number of thiophene rings is 1. The van der Waals surface area contributed by atoms with Crippen molar-refractivity contribution in [2.75, 3.05) is 0 Å². The third-order valence-corrected chi connectivity index (χ3v) is 3.70. The molecule has 0 aliphatic carbocycles. The maximum atomic E-state index is 5.17. The van der Waals surface area contributed by atoms with Crippen molar-refractivity contribution in [3.8, 4) is 0 Å². The van der Waals surface area contributed by atoms with Gasteiger partial charge in [0, 0.05) is 21.7 Å². The second-order valence-electron chi connectivity index (χ2n) is 3.92. The quantitative estimate of drug-likeness (QED) is 0.775. The topological polar surface area (TPSA) is 26.0 Å². The largest absolute Gasteiger partial charge is 0.361 e. The zero-order chi connectivity index (χ0) is 11.0. The molecule has 2 rings (SSSR count). The molecule has 0 bridgehead atoms. The van der Waals surface area contributed by atoms with Gasteiger partial charge in [-0.15, -0.1) is 11.3 Å². The van der Waals surface area contributed by atoms with E-state index in [4.69, 9.17) is 4.52 Å². The molecule has 0 saturated heterocycles. The van der Waals surface area contributed by atoms with Crippen molar-refractivity contribution in [3.63, 3.8) is 0 Å². The predicted molar refractivity (Wildman–Crippen MR) is 62.6 cm³/mol. The molecule has 0 radical (unpaired) electrons. The highest BCUT2D eigenvalue weighted by Crippen LogP contribution is 2.25. The van der Waals surface area contributed by atoms with Gasteiger partial charge in [-0.1, -0.05) is 5.16 Å². The second kappa shape index (κ2) is 3.81. The molecule has 0 aliphatic rings. The highest BCUT2D eigenvalue weighted by molar-refractivity contribution is 7.12. The van der Waals surface area contributed by atoms with Crippen LogP contribution in [-0.4, -0.2) is 5.16 Å². The first kappa shape index (κ1) is 10.4. The number of aromatic nitrogens is 1. The molecular formula is C12H15NOS. The van der Waals surface area contributed by atoms with Gasteiger partial charge < -0.3 is 4.52 Å². The maximum Gasteiger partial charge on any atom is 0.137 e. The molecule has 0 amide bonds. The van der Waals surface area contributed by atoms with E-state index in [1.165, 1.54) is 20.9 Å². The van der Waals surface area contributed by atoms with E-state index in [0.29, 0.717) is 0 Å². The first-order valence-corrected chi connectivity index (χ1v) is 5.87. The summed E-state index contributed by atoms with van der Waals surface area (Å²) in [6, 6.07) is 2.26. The first-order valence-electron chi connectivity index (χ1n) is 5.05. The van der Waals surface area contributed by atoms with Crippen molar-refractivity contribution >= 4 is 11.3 Å². The fourth-order valence-electron chi connectivity index (χ4n) is 1.80. The summed E-state index contributed by atoms with van der Waals surface area (Å²) in [4.78, 5) is 2.77. The Kier molecular flexibility index (Phi) is 2.65. The fraction of sp³-hybridized carbons (Fsp3) is 0.417. The van der Waals surface area contributed by atoms with E-state index in [1.807, 2.05) is 25.2 Å². The molecule has 15 heavy (non-hydrogen) atoms. The Bertz CT molecular complexity index is 462. The van der Waals surface area contributed by atoms with Crippen LogP contribution in [0.3, 0.4) is 0 Å². The molecule has 2 aromatic heterocycles. The SMILES string of the molecule is Cc1cc(Cc2c(C)noc2C)c(C)s1. The van der Waals surface area contributed by atoms with Crippen molar-refractivity contribution in [1.82, 2.24) is 5.16 Å². The number of nitrogens with zero attached hydrogens (tertiary/aromatic N) is 1. The van der Waals surface area contributed by atoms with Crippen molar-refractivity contribution in [1.29, 1.82) is 0 Å². The van der Waals surface area contributed by atoms with Gasteiger partial charge in [0.1, 0.15) is 5.76 Å². The lowest BCUT2D eigenvalue weighted by Crippen LogP contribution is -1.91. The lowest BCUT2D eigenvalue weighted by Gasteiger charge is -1.98. The van der Waals surface area contributed by atoms with Crippen LogP contribution in [0.5, 0.6) is 0 Å². The third kappa shape index (κ3) is 1.97. The number of hydrogen-bond donors (Lipinski definition) is 0. The minimum absolute atomic E-state index is 0.941. The monoisotopic (exact) mass is 221 g/mol. The maximum absolute atomic E-state index is 5.17. The standard InChI is InChI=1S/C12H15NOS/c1-7-5-11(10(4)15-7)6-12-8(2)13-14-9(12)3/h5H,6H2,1-4H3. The van der Waals surface area contributed by atoms with E-state index < -0.39 is 0 Å². The zero-order valence-electron chi connectivity index (χ0n) is 9.55. The van der Waals surface area contributed by atoms with Gasteiger partial charge in [0.25, 0.3) is 0 Å². The molecule has 2 heterocycles. The number of aryl methyl sites for hydroxylation is 4. The Morgan fingerprint density at radius 3 is 2.47 bits per heavy atom. The normalized spacial score (nSPS) is 10.9. The smallest absolute Gasteiger partial charge is 0.137 e. The molecule has 0 saturated carbocycles. The lowest BCUT2D eigenvalue weighted by molar-refractivity contribution is 0.392. The van der Waals surface area contributed by atoms with Crippen molar-refractivity contribution < 1.29 is 4.52 Å². The average molecular weight is 221 g/mol. The van der Waals surface area contributed by atoms with Crippen molar-refractivity contribution in [3.05, 3.63) is 38.4 Å². The molecule has 0 spiro atoms. The van der Waals surface area contributed by atoms with E-state index in [2.05, 4.69) is 25.1 Å². The van der Waals surface area contributed by atoms with E-state index in [-0.39, 0.29) is 0 Å². The molecule has 2 nitrogen and oxygen atoms in total. The Morgan fingerprint density at radius 1 is 1.27 bits per heavy atom. The first-order chi connectivity index (χ1) is 7.08. The van der Waals surface area contributed by atoms with Crippen LogP contribution in [-0.2, 0) is 6.42 Å². The second-order valence-corrected chi connectivity index (χ2v) is 5.38. The van der Waals surface area contributed by atoms with Crippen LogP contribution in [0.4, 0.5) is 0 Å². The Morgan fingerprint density at radius 2 is 2.00 bits per heavy atom. The van der Waals surface area contributed by atoms with Gasteiger partial charge in [0.15, 0.2) is 0 Å². The Hall–Kier alpha value is -1.09. The third-order valence-electron chi connectivity index (χ3n) is 2.69. The van der Waals surface area contributed by atoms with Crippen molar-refractivity contribution in [2.45, 2.75) is 34.1 Å². The minimum Gasteiger partial charge on any atom is -0.361 e. The van der Waals surface area contributed by atoms with E-state index >= 15 is 0 Å².